The average molecular weight is 276 g/mol. The molecule has 0 unspecified atom stereocenters. The van der Waals surface area contributed by atoms with Crippen molar-refractivity contribution in [1.29, 1.82) is 0 Å². The van der Waals surface area contributed by atoms with E-state index in [9.17, 15) is 9.59 Å². The van der Waals surface area contributed by atoms with Crippen LogP contribution in [0.3, 0.4) is 0 Å². The van der Waals surface area contributed by atoms with E-state index in [0.717, 1.165) is 0 Å². The van der Waals surface area contributed by atoms with Gasteiger partial charge in [0.25, 0.3) is 5.91 Å². The zero-order valence-electron chi connectivity index (χ0n) is 12.1. The molecule has 1 aromatic rings. The summed E-state index contributed by atoms with van der Waals surface area (Å²) in [7, 11) is 0. The summed E-state index contributed by atoms with van der Waals surface area (Å²) >= 11 is 0. The van der Waals surface area contributed by atoms with E-state index in [-0.39, 0.29) is 17.2 Å². The molecule has 1 aromatic carbocycles. The minimum Gasteiger partial charge on any atom is -0.491 e. The molecule has 20 heavy (non-hydrogen) atoms. The Hall–Kier alpha value is -2.04. The maximum Gasteiger partial charge on any atom is 0.255 e. The highest BCUT2D eigenvalue weighted by molar-refractivity contribution is 5.99. The smallest absolute Gasteiger partial charge is 0.255 e. The van der Waals surface area contributed by atoms with Crippen molar-refractivity contribution >= 4 is 17.5 Å². The maximum absolute atomic E-state index is 11.9. The van der Waals surface area contributed by atoms with Crippen molar-refractivity contribution in [3.05, 3.63) is 23.8 Å². The normalized spacial score (nSPS) is 14.7. The second-order valence-electron chi connectivity index (χ2n) is 6.10. The van der Waals surface area contributed by atoms with Crippen LogP contribution >= 0.6 is 0 Å². The van der Waals surface area contributed by atoms with E-state index >= 15 is 0 Å². The lowest BCUT2D eigenvalue weighted by atomic mass is 9.92. The van der Waals surface area contributed by atoms with Gasteiger partial charge in [-0.2, -0.15) is 0 Å². The van der Waals surface area contributed by atoms with Crippen LogP contribution in [0.1, 0.15) is 37.6 Å². The van der Waals surface area contributed by atoms with E-state index < -0.39 is 0 Å². The molecule has 0 saturated carbocycles. The fourth-order valence-electron chi connectivity index (χ4n) is 2.02. The molecule has 108 valence electrons. The Morgan fingerprint density at radius 3 is 2.85 bits per heavy atom. The molecule has 2 rings (SSSR count). The zero-order valence-corrected chi connectivity index (χ0v) is 12.1. The highest BCUT2D eigenvalue weighted by Gasteiger charge is 2.19. The number of fused-ring (bicyclic) bond motifs is 1. The number of amides is 2. The van der Waals surface area contributed by atoms with Gasteiger partial charge in [0.1, 0.15) is 12.4 Å². The largest absolute Gasteiger partial charge is 0.491 e. The summed E-state index contributed by atoms with van der Waals surface area (Å²) in [6.45, 7) is 6.95. The summed E-state index contributed by atoms with van der Waals surface area (Å²) in [6, 6.07) is 5.11. The van der Waals surface area contributed by atoms with Crippen molar-refractivity contribution in [3.8, 4) is 5.75 Å². The quantitative estimate of drug-likeness (QED) is 0.870. The summed E-state index contributed by atoms with van der Waals surface area (Å²) < 4.78 is 5.46. The average Bonchev–Trinajstić information content (AvgIpc) is 2.49. The number of carbonyl (C=O) groups is 2. The standard InChI is InChI=1S/C15H20N2O3/c1-15(2,3)9-13(18)17-10-4-5-12-11(8-10)14(19)16-6-7-20-12/h4-5,8H,6-7,9H2,1-3H3,(H,16,19)(H,17,18). The molecule has 5 heteroatoms. The number of hydrogen-bond donors (Lipinski definition) is 2. The third kappa shape index (κ3) is 3.73. The van der Waals surface area contributed by atoms with E-state index in [4.69, 9.17) is 4.74 Å². The van der Waals surface area contributed by atoms with E-state index in [1.54, 1.807) is 18.2 Å². The number of rotatable bonds is 2. The Morgan fingerprint density at radius 1 is 1.40 bits per heavy atom. The molecule has 1 aliphatic rings. The highest BCUT2D eigenvalue weighted by atomic mass is 16.5. The van der Waals surface area contributed by atoms with E-state index in [2.05, 4.69) is 10.6 Å². The molecule has 0 aliphatic carbocycles. The molecule has 0 aromatic heterocycles. The third-order valence-corrected chi connectivity index (χ3v) is 2.84. The molecule has 2 N–H and O–H groups in total. The van der Waals surface area contributed by atoms with Crippen molar-refractivity contribution in [2.45, 2.75) is 27.2 Å². The van der Waals surface area contributed by atoms with Crippen molar-refractivity contribution in [2.24, 2.45) is 5.41 Å². The highest BCUT2D eigenvalue weighted by Crippen LogP contribution is 2.25. The predicted molar refractivity (Wildman–Crippen MR) is 77.0 cm³/mol. The van der Waals surface area contributed by atoms with Crippen LogP contribution in [-0.2, 0) is 4.79 Å². The van der Waals surface area contributed by atoms with Crippen molar-refractivity contribution in [1.82, 2.24) is 5.32 Å². The van der Waals surface area contributed by atoms with Gasteiger partial charge in [0, 0.05) is 12.1 Å². The molecule has 0 spiro atoms. The number of hydrogen-bond acceptors (Lipinski definition) is 3. The number of benzene rings is 1. The topological polar surface area (TPSA) is 67.4 Å². The van der Waals surface area contributed by atoms with Gasteiger partial charge in [0.2, 0.25) is 5.91 Å². The lowest BCUT2D eigenvalue weighted by molar-refractivity contribution is -0.117. The van der Waals surface area contributed by atoms with Crippen LogP contribution in [0.15, 0.2) is 18.2 Å². The van der Waals surface area contributed by atoms with Crippen LogP contribution in [0.4, 0.5) is 5.69 Å². The van der Waals surface area contributed by atoms with E-state index in [1.807, 2.05) is 20.8 Å². The van der Waals surface area contributed by atoms with Crippen LogP contribution in [0.25, 0.3) is 0 Å². The molecule has 1 heterocycles. The third-order valence-electron chi connectivity index (χ3n) is 2.84. The molecular weight excluding hydrogens is 256 g/mol. The maximum atomic E-state index is 11.9. The lowest BCUT2D eigenvalue weighted by Gasteiger charge is -2.17. The monoisotopic (exact) mass is 276 g/mol. The SMILES string of the molecule is CC(C)(C)CC(=O)Nc1ccc2c(c1)C(=O)NCCO2. The molecule has 0 bridgehead atoms. The minimum atomic E-state index is -0.176. The summed E-state index contributed by atoms with van der Waals surface area (Å²) in [5, 5.41) is 5.56. The Balaban J connectivity index is 2.14. The Bertz CT molecular complexity index is 532. The van der Waals surface area contributed by atoms with Gasteiger partial charge in [-0.05, 0) is 23.6 Å². The summed E-state index contributed by atoms with van der Waals surface area (Å²) in [5.74, 6) is 0.311. The fourth-order valence-corrected chi connectivity index (χ4v) is 2.02. The molecule has 1 aliphatic heterocycles. The molecule has 0 radical (unpaired) electrons. The summed E-state index contributed by atoms with van der Waals surface area (Å²) in [5.41, 5.74) is 0.991. The lowest BCUT2D eigenvalue weighted by Crippen LogP contribution is -2.24. The number of nitrogens with one attached hydrogen (secondary N) is 2. The van der Waals surface area contributed by atoms with Gasteiger partial charge in [-0.15, -0.1) is 0 Å². The Labute approximate surface area is 118 Å². The zero-order chi connectivity index (χ0) is 14.8. The molecule has 2 amide bonds. The van der Waals surface area contributed by atoms with Gasteiger partial charge >= 0.3 is 0 Å². The van der Waals surface area contributed by atoms with Crippen molar-refractivity contribution < 1.29 is 14.3 Å². The van der Waals surface area contributed by atoms with Crippen LogP contribution in [0, 0.1) is 5.41 Å². The van der Waals surface area contributed by atoms with Gasteiger partial charge in [-0.25, -0.2) is 0 Å². The second-order valence-corrected chi connectivity index (χ2v) is 6.10. The number of anilines is 1. The van der Waals surface area contributed by atoms with Crippen molar-refractivity contribution in [2.75, 3.05) is 18.5 Å². The first-order chi connectivity index (χ1) is 9.35. The Kier molecular flexibility index (Phi) is 3.97. The first kappa shape index (κ1) is 14.4. The van der Waals surface area contributed by atoms with Gasteiger partial charge in [0.15, 0.2) is 0 Å². The van der Waals surface area contributed by atoms with E-state index in [1.165, 1.54) is 0 Å². The first-order valence-corrected chi connectivity index (χ1v) is 6.70. The summed E-state index contributed by atoms with van der Waals surface area (Å²) in [4.78, 5) is 23.8. The van der Waals surface area contributed by atoms with Gasteiger partial charge < -0.3 is 15.4 Å². The van der Waals surface area contributed by atoms with Crippen LogP contribution in [0.2, 0.25) is 0 Å². The number of ether oxygens (including phenoxy) is 1. The molecule has 0 saturated heterocycles. The fraction of sp³-hybridized carbons (Fsp3) is 0.467. The van der Waals surface area contributed by atoms with Crippen LogP contribution in [-0.4, -0.2) is 25.0 Å². The Morgan fingerprint density at radius 2 is 2.15 bits per heavy atom. The van der Waals surface area contributed by atoms with Crippen LogP contribution < -0.4 is 15.4 Å². The molecule has 5 nitrogen and oxygen atoms in total. The van der Waals surface area contributed by atoms with Crippen LogP contribution in [0.5, 0.6) is 5.75 Å². The molecule has 0 atom stereocenters. The molecular formula is C15H20N2O3. The van der Waals surface area contributed by atoms with Gasteiger partial charge in [0.05, 0.1) is 12.1 Å². The van der Waals surface area contributed by atoms with E-state index in [0.29, 0.717) is 36.6 Å². The predicted octanol–water partition coefficient (Wildman–Crippen LogP) is 2.18. The molecule has 0 fully saturated rings. The first-order valence-electron chi connectivity index (χ1n) is 6.70. The number of carbonyl (C=O) groups excluding carboxylic acids is 2. The van der Waals surface area contributed by atoms with Gasteiger partial charge in [-0.1, -0.05) is 20.8 Å². The summed E-state index contributed by atoms with van der Waals surface area (Å²) in [6.07, 6.45) is 0.423. The minimum absolute atomic E-state index is 0.0626. The van der Waals surface area contributed by atoms with Crippen molar-refractivity contribution in [3.63, 3.8) is 0 Å². The second kappa shape index (κ2) is 5.53. The van der Waals surface area contributed by atoms with Gasteiger partial charge in [-0.3, -0.25) is 9.59 Å².